The molecule has 0 atom stereocenters. The van der Waals surface area contributed by atoms with Crippen LogP contribution in [0.5, 0.6) is 0 Å². The second-order valence-electron chi connectivity index (χ2n) is 7.07. The number of nitrogens with one attached hydrogen (secondary N) is 2. The van der Waals surface area contributed by atoms with Gasteiger partial charge in [0, 0.05) is 13.1 Å². The zero-order valence-corrected chi connectivity index (χ0v) is 15.5. The number of H-pyrrole nitrogens is 1. The van der Waals surface area contributed by atoms with Gasteiger partial charge >= 0.3 is 6.03 Å². The number of amides is 2. The van der Waals surface area contributed by atoms with Crippen LogP contribution in [0.15, 0.2) is 29.1 Å². The molecule has 0 bridgehead atoms. The van der Waals surface area contributed by atoms with E-state index in [4.69, 9.17) is 0 Å². The maximum atomic E-state index is 12.5. The Hall–Kier alpha value is -2.37. The molecule has 1 aromatic carbocycles. The molecule has 1 saturated carbocycles. The standard InChI is InChI=1S/C20H28N4O2/c1-2-24(20(26)21-13-12-15-8-4-3-5-9-15)14-18-22-17-11-7-6-10-16(17)19(25)23-18/h6-7,10-11,15H,2-5,8-9,12-14H2,1H3,(H,21,26)(H,22,23,25). The molecule has 1 aromatic heterocycles. The summed E-state index contributed by atoms with van der Waals surface area (Å²) in [6.45, 7) is 3.50. The van der Waals surface area contributed by atoms with Crippen LogP contribution in [0.2, 0.25) is 0 Å². The number of rotatable bonds is 6. The molecule has 2 amide bonds. The van der Waals surface area contributed by atoms with Crippen molar-refractivity contribution < 1.29 is 4.79 Å². The van der Waals surface area contributed by atoms with E-state index in [9.17, 15) is 9.59 Å². The summed E-state index contributed by atoms with van der Waals surface area (Å²) in [6, 6.07) is 7.14. The van der Waals surface area contributed by atoms with Crippen molar-refractivity contribution in [1.29, 1.82) is 0 Å². The van der Waals surface area contributed by atoms with Gasteiger partial charge in [0.25, 0.3) is 5.56 Å². The van der Waals surface area contributed by atoms with Crippen LogP contribution in [-0.4, -0.2) is 34.0 Å². The minimum absolute atomic E-state index is 0.0980. The summed E-state index contributed by atoms with van der Waals surface area (Å²) in [5, 5.41) is 3.59. The fourth-order valence-corrected chi connectivity index (χ4v) is 3.69. The Labute approximate surface area is 154 Å². The van der Waals surface area contributed by atoms with Gasteiger partial charge in [-0.15, -0.1) is 0 Å². The van der Waals surface area contributed by atoms with Crippen LogP contribution in [0.3, 0.4) is 0 Å². The summed E-state index contributed by atoms with van der Waals surface area (Å²) in [5.74, 6) is 1.26. The van der Waals surface area contributed by atoms with Gasteiger partial charge in [0.15, 0.2) is 0 Å². The van der Waals surface area contributed by atoms with Gasteiger partial charge in [-0.05, 0) is 31.4 Å². The highest BCUT2D eigenvalue weighted by molar-refractivity contribution is 5.77. The summed E-state index contributed by atoms with van der Waals surface area (Å²) in [5.41, 5.74) is 0.486. The molecule has 0 radical (unpaired) electrons. The van der Waals surface area contributed by atoms with Crippen molar-refractivity contribution in [3.63, 3.8) is 0 Å². The fourth-order valence-electron chi connectivity index (χ4n) is 3.69. The Morgan fingerprint density at radius 1 is 1.27 bits per heavy atom. The molecule has 1 heterocycles. The van der Waals surface area contributed by atoms with Crippen LogP contribution in [0.1, 0.15) is 51.3 Å². The number of nitrogens with zero attached hydrogens (tertiary/aromatic N) is 2. The summed E-state index contributed by atoms with van der Waals surface area (Å²) < 4.78 is 0. The summed E-state index contributed by atoms with van der Waals surface area (Å²) in [7, 11) is 0. The van der Waals surface area contributed by atoms with Crippen molar-refractivity contribution in [2.24, 2.45) is 5.92 Å². The third-order valence-corrected chi connectivity index (χ3v) is 5.23. The lowest BCUT2D eigenvalue weighted by Crippen LogP contribution is -2.40. The molecule has 0 unspecified atom stereocenters. The van der Waals surface area contributed by atoms with Gasteiger partial charge in [-0.1, -0.05) is 44.2 Å². The molecule has 2 aromatic rings. The minimum Gasteiger partial charge on any atom is -0.338 e. The Morgan fingerprint density at radius 2 is 2.04 bits per heavy atom. The van der Waals surface area contributed by atoms with E-state index in [1.165, 1.54) is 32.1 Å². The molecule has 6 heteroatoms. The van der Waals surface area contributed by atoms with Crippen LogP contribution in [-0.2, 0) is 6.54 Å². The Kier molecular flexibility index (Phi) is 6.26. The third kappa shape index (κ3) is 4.62. The number of hydrogen-bond donors (Lipinski definition) is 2. The highest BCUT2D eigenvalue weighted by atomic mass is 16.2. The van der Waals surface area contributed by atoms with E-state index in [2.05, 4.69) is 15.3 Å². The molecule has 1 aliphatic carbocycles. The quantitative estimate of drug-likeness (QED) is 0.832. The number of carbonyl (C=O) groups excluding carboxylic acids is 1. The lowest BCUT2D eigenvalue weighted by atomic mass is 9.87. The molecule has 1 fully saturated rings. The number of carbonyl (C=O) groups is 1. The minimum atomic E-state index is -0.167. The van der Waals surface area contributed by atoms with E-state index in [0.717, 1.165) is 12.3 Å². The summed E-state index contributed by atoms with van der Waals surface area (Å²) in [6.07, 6.45) is 7.62. The maximum Gasteiger partial charge on any atom is 0.317 e. The first-order valence-corrected chi connectivity index (χ1v) is 9.68. The first kappa shape index (κ1) is 18.4. The molecule has 26 heavy (non-hydrogen) atoms. The first-order valence-electron chi connectivity index (χ1n) is 9.68. The van der Waals surface area contributed by atoms with E-state index in [1.807, 2.05) is 25.1 Å². The third-order valence-electron chi connectivity index (χ3n) is 5.23. The topological polar surface area (TPSA) is 78.1 Å². The van der Waals surface area contributed by atoms with Crippen molar-refractivity contribution in [2.75, 3.05) is 13.1 Å². The Balaban J connectivity index is 1.58. The van der Waals surface area contributed by atoms with Crippen LogP contribution in [0, 0.1) is 5.92 Å². The monoisotopic (exact) mass is 356 g/mol. The number of aromatic amines is 1. The maximum absolute atomic E-state index is 12.5. The van der Waals surface area contributed by atoms with Crippen molar-refractivity contribution in [3.8, 4) is 0 Å². The number of para-hydroxylation sites is 1. The van der Waals surface area contributed by atoms with Gasteiger partial charge < -0.3 is 15.2 Å². The molecule has 0 aliphatic heterocycles. The van der Waals surface area contributed by atoms with Crippen LogP contribution in [0.4, 0.5) is 4.79 Å². The van der Waals surface area contributed by atoms with Gasteiger partial charge in [0.2, 0.25) is 0 Å². The molecule has 0 saturated heterocycles. The largest absolute Gasteiger partial charge is 0.338 e. The first-order chi connectivity index (χ1) is 12.7. The average Bonchev–Trinajstić information content (AvgIpc) is 2.67. The highest BCUT2D eigenvalue weighted by Gasteiger charge is 2.16. The van der Waals surface area contributed by atoms with Crippen molar-refractivity contribution in [3.05, 3.63) is 40.4 Å². The average molecular weight is 356 g/mol. The predicted octanol–water partition coefficient (Wildman–Crippen LogP) is 3.43. The van der Waals surface area contributed by atoms with Gasteiger partial charge in [0.05, 0.1) is 17.4 Å². The van der Waals surface area contributed by atoms with Crippen LogP contribution >= 0.6 is 0 Å². The number of hydrogen-bond acceptors (Lipinski definition) is 3. The Morgan fingerprint density at radius 3 is 2.81 bits per heavy atom. The zero-order chi connectivity index (χ0) is 18.4. The van der Waals surface area contributed by atoms with E-state index in [1.54, 1.807) is 11.0 Å². The van der Waals surface area contributed by atoms with Crippen molar-refractivity contribution >= 4 is 16.9 Å². The molecule has 0 spiro atoms. The Bertz CT molecular complexity index is 796. The highest BCUT2D eigenvalue weighted by Crippen LogP contribution is 2.25. The van der Waals surface area contributed by atoms with Gasteiger partial charge in [-0.25, -0.2) is 9.78 Å². The normalized spacial score (nSPS) is 15.1. The number of urea groups is 1. The smallest absolute Gasteiger partial charge is 0.317 e. The van der Waals surface area contributed by atoms with E-state index < -0.39 is 0 Å². The van der Waals surface area contributed by atoms with Crippen LogP contribution < -0.4 is 10.9 Å². The number of fused-ring (bicyclic) bond motifs is 1. The molecule has 1 aliphatic rings. The number of aromatic nitrogens is 2. The summed E-state index contributed by atoms with van der Waals surface area (Å²) in [4.78, 5) is 33.6. The van der Waals surface area contributed by atoms with Gasteiger partial charge in [-0.3, -0.25) is 4.79 Å². The molecule has 2 N–H and O–H groups in total. The SMILES string of the molecule is CCN(Cc1nc2ccccc2c(=O)[nH]1)C(=O)NCCC1CCCCC1. The number of benzene rings is 1. The van der Waals surface area contributed by atoms with E-state index in [-0.39, 0.29) is 11.6 Å². The van der Waals surface area contributed by atoms with Gasteiger partial charge in [-0.2, -0.15) is 0 Å². The second-order valence-corrected chi connectivity index (χ2v) is 7.07. The zero-order valence-electron chi connectivity index (χ0n) is 15.5. The molecule has 140 valence electrons. The van der Waals surface area contributed by atoms with Crippen molar-refractivity contribution in [1.82, 2.24) is 20.2 Å². The van der Waals surface area contributed by atoms with Crippen LogP contribution in [0.25, 0.3) is 10.9 Å². The predicted molar refractivity (Wildman–Crippen MR) is 103 cm³/mol. The molecular weight excluding hydrogens is 328 g/mol. The van der Waals surface area contributed by atoms with E-state index >= 15 is 0 Å². The lowest BCUT2D eigenvalue weighted by molar-refractivity contribution is 0.195. The van der Waals surface area contributed by atoms with Gasteiger partial charge in [0.1, 0.15) is 5.82 Å². The summed E-state index contributed by atoms with van der Waals surface area (Å²) >= 11 is 0. The second kappa shape index (κ2) is 8.83. The lowest BCUT2D eigenvalue weighted by Gasteiger charge is -2.24. The molecule has 3 rings (SSSR count). The fraction of sp³-hybridized carbons (Fsp3) is 0.550. The van der Waals surface area contributed by atoms with Crippen molar-refractivity contribution in [2.45, 2.75) is 52.0 Å². The molecular formula is C20H28N4O2. The van der Waals surface area contributed by atoms with E-state index in [0.29, 0.717) is 36.4 Å². The molecule has 6 nitrogen and oxygen atoms in total.